The Kier molecular flexibility index (Phi) is 3.03. The molecule has 5 rings (SSSR count). The van der Waals surface area contributed by atoms with Crippen LogP contribution in [0.25, 0.3) is 31.9 Å². The van der Waals surface area contributed by atoms with Crippen molar-refractivity contribution in [1.29, 1.82) is 0 Å². The molecule has 24 heavy (non-hydrogen) atoms. The zero-order valence-electron chi connectivity index (χ0n) is 12.3. The molecule has 4 aromatic heterocycles. The number of hydrogen-bond acceptors (Lipinski definition) is 6. The maximum Gasteiger partial charge on any atom is 0.235 e. The van der Waals surface area contributed by atoms with Crippen molar-refractivity contribution < 1.29 is 0 Å². The van der Waals surface area contributed by atoms with Crippen molar-refractivity contribution in [3.63, 3.8) is 0 Å². The van der Waals surface area contributed by atoms with Crippen LogP contribution in [0.1, 0.15) is 0 Å². The van der Waals surface area contributed by atoms with Gasteiger partial charge in [-0.25, -0.2) is 4.68 Å². The summed E-state index contributed by atoms with van der Waals surface area (Å²) in [4.78, 5) is 1.83. The van der Waals surface area contributed by atoms with E-state index in [-0.39, 0.29) is 0 Å². The predicted octanol–water partition coefficient (Wildman–Crippen LogP) is 3.77. The first-order valence-electron chi connectivity index (χ1n) is 7.25. The average Bonchev–Trinajstić information content (AvgIpc) is 3.37. The van der Waals surface area contributed by atoms with Crippen LogP contribution in [0, 0.1) is 0 Å². The zero-order chi connectivity index (χ0) is 15.9. The van der Waals surface area contributed by atoms with E-state index in [1.807, 2.05) is 64.9 Å². The summed E-state index contributed by atoms with van der Waals surface area (Å²) in [6.45, 7) is 0. The van der Waals surface area contributed by atoms with Crippen LogP contribution >= 0.6 is 22.7 Å². The molecule has 0 amide bonds. The molecule has 5 aromatic rings. The Morgan fingerprint density at radius 1 is 0.958 bits per heavy atom. The van der Waals surface area contributed by atoms with Gasteiger partial charge in [0.2, 0.25) is 4.96 Å². The van der Waals surface area contributed by atoms with Crippen molar-refractivity contribution in [2.24, 2.45) is 0 Å². The zero-order valence-corrected chi connectivity index (χ0v) is 13.9. The number of benzene rings is 1. The Hall–Kier alpha value is -2.84. The standard InChI is InChI=1S/C16H10N6S2/c1-2-5-12(6-3-1)21-10-11(9-17-21)15-20-22-14(13-7-4-8-23-13)18-19-16(22)24-15/h1-10H. The van der Waals surface area contributed by atoms with E-state index in [2.05, 4.69) is 20.4 Å². The molecule has 4 heterocycles. The van der Waals surface area contributed by atoms with Crippen LogP contribution in [-0.2, 0) is 0 Å². The number of para-hydroxylation sites is 1. The van der Waals surface area contributed by atoms with Gasteiger partial charge in [-0.1, -0.05) is 35.6 Å². The van der Waals surface area contributed by atoms with Crippen LogP contribution < -0.4 is 0 Å². The maximum absolute atomic E-state index is 4.67. The summed E-state index contributed by atoms with van der Waals surface area (Å²) < 4.78 is 3.64. The van der Waals surface area contributed by atoms with Gasteiger partial charge >= 0.3 is 0 Å². The van der Waals surface area contributed by atoms with E-state index < -0.39 is 0 Å². The molecule has 0 saturated heterocycles. The van der Waals surface area contributed by atoms with Gasteiger partial charge in [0.1, 0.15) is 0 Å². The van der Waals surface area contributed by atoms with Crippen molar-refractivity contribution in [3.05, 3.63) is 60.2 Å². The minimum atomic E-state index is 0.776. The van der Waals surface area contributed by atoms with Gasteiger partial charge in [-0.15, -0.1) is 21.5 Å². The molecule has 0 aliphatic heterocycles. The SMILES string of the molecule is c1ccc(-n2cc(-c3nn4c(-c5cccs5)nnc4s3)cn2)cc1. The smallest absolute Gasteiger partial charge is 0.235 e. The summed E-state index contributed by atoms with van der Waals surface area (Å²) in [6.07, 6.45) is 3.80. The van der Waals surface area contributed by atoms with Crippen molar-refractivity contribution in [1.82, 2.24) is 29.6 Å². The molecule has 6 nitrogen and oxygen atoms in total. The van der Waals surface area contributed by atoms with Gasteiger partial charge in [-0.05, 0) is 23.6 Å². The third-order valence-corrected chi connectivity index (χ3v) is 5.40. The van der Waals surface area contributed by atoms with E-state index in [1.165, 1.54) is 11.3 Å². The fourth-order valence-electron chi connectivity index (χ4n) is 2.45. The topological polar surface area (TPSA) is 60.9 Å². The van der Waals surface area contributed by atoms with Crippen molar-refractivity contribution in [3.8, 4) is 27.0 Å². The van der Waals surface area contributed by atoms with Gasteiger partial charge in [0, 0.05) is 6.20 Å². The molecule has 0 aliphatic carbocycles. The van der Waals surface area contributed by atoms with E-state index in [9.17, 15) is 0 Å². The molecule has 0 aliphatic rings. The lowest BCUT2D eigenvalue weighted by molar-refractivity contribution is 0.880. The molecule has 0 bridgehead atoms. The van der Waals surface area contributed by atoms with Crippen LogP contribution in [0.5, 0.6) is 0 Å². The molecule has 0 spiro atoms. The molecule has 0 atom stereocenters. The van der Waals surface area contributed by atoms with Gasteiger partial charge in [-0.3, -0.25) is 0 Å². The van der Waals surface area contributed by atoms with Gasteiger partial charge in [0.25, 0.3) is 0 Å². The Bertz CT molecular complexity index is 1100. The molecule has 0 fully saturated rings. The van der Waals surface area contributed by atoms with Crippen LogP contribution in [0.3, 0.4) is 0 Å². The van der Waals surface area contributed by atoms with Crippen molar-refractivity contribution in [2.45, 2.75) is 0 Å². The van der Waals surface area contributed by atoms with E-state index in [0.29, 0.717) is 0 Å². The first-order chi connectivity index (χ1) is 11.9. The number of thiophene rings is 1. The van der Waals surface area contributed by atoms with Crippen LogP contribution in [0.15, 0.2) is 60.2 Å². The lowest BCUT2D eigenvalue weighted by Crippen LogP contribution is -1.92. The molecule has 0 N–H and O–H groups in total. The first-order valence-corrected chi connectivity index (χ1v) is 8.95. The quantitative estimate of drug-likeness (QED) is 0.497. The molecule has 0 radical (unpaired) electrons. The second kappa shape index (κ2) is 5.36. The van der Waals surface area contributed by atoms with Gasteiger partial charge in [0.05, 0.1) is 22.3 Å². The lowest BCUT2D eigenvalue weighted by atomic mass is 10.3. The molecule has 8 heteroatoms. The Morgan fingerprint density at radius 2 is 1.88 bits per heavy atom. The molecular formula is C16H10N6S2. The molecule has 0 unspecified atom stereocenters. The second-order valence-corrected chi connectivity index (χ2v) is 7.02. The van der Waals surface area contributed by atoms with Gasteiger partial charge < -0.3 is 0 Å². The Labute approximate surface area is 144 Å². The number of nitrogens with zero attached hydrogens (tertiary/aromatic N) is 6. The van der Waals surface area contributed by atoms with Gasteiger partial charge in [0.15, 0.2) is 10.8 Å². The molecule has 1 aromatic carbocycles. The minimum absolute atomic E-state index is 0.776. The first kappa shape index (κ1) is 13.6. The average molecular weight is 350 g/mol. The largest absolute Gasteiger partial charge is 0.240 e. The Balaban J connectivity index is 1.57. The van der Waals surface area contributed by atoms with Crippen molar-refractivity contribution >= 4 is 27.6 Å². The van der Waals surface area contributed by atoms with Crippen LogP contribution in [0.4, 0.5) is 0 Å². The number of hydrogen-bond donors (Lipinski definition) is 0. The fourth-order valence-corrected chi connectivity index (χ4v) is 3.96. The third-order valence-electron chi connectivity index (χ3n) is 3.58. The summed E-state index contributed by atoms with van der Waals surface area (Å²) in [6, 6.07) is 14.0. The highest BCUT2D eigenvalue weighted by Crippen LogP contribution is 2.29. The van der Waals surface area contributed by atoms with E-state index >= 15 is 0 Å². The number of rotatable bonds is 3. The van der Waals surface area contributed by atoms with Gasteiger partial charge in [-0.2, -0.15) is 14.7 Å². The number of aromatic nitrogens is 6. The second-order valence-electron chi connectivity index (χ2n) is 5.11. The van der Waals surface area contributed by atoms with Crippen LogP contribution in [-0.4, -0.2) is 29.6 Å². The van der Waals surface area contributed by atoms with E-state index in [1.54, 1.807) is 15.9 Å². The van der Waals surface area contributed by atoms with Crippen LogP contribution in [0.2, 0.25) is 0 Å². The summed E-state index contributed by atoms with van der Waals surface area (Å²) >= 11 is 3.13. The summed E-state index contributed by atoms with van der Waals surface area (Å²) in [5.74, 6) is 0.776. The Morgan fingerprint density at radius 3 is 2.71 bits per heavy atom. The molecular weight excluding hydrogens is 340 g/mol. The minimum Gasteiger partial charge on any atom is -0.240 e. The highest BCUT2D eigenvalue weighted by molar-refractivity contribution is 7.19. The predicted molar refractivity (Wildman–Crippen MR) is 94.5 cm³/mol. The van der Waals surface area contributed by atoms with E-state index in [0.717, 1.165) is 31.9 Å². The maximum atomic E-state index is 4.67. The highest BCUT2D eigenvalue weighted by Gasteiger charge is 2.16. The summed E-state index contributed by atoms with van der Waals surface area (Å²) in [7, 11) is 0. The number of fused-ring (bicyclic) bond motifs is 1. The lowest BCUT2D eigenvalue weighted by Gasteiger charge is -1.98. The molecule has 0 saturated carbocycles. The van der Waals surface area contributed by atoms with E-state index in [4.69, 9.17) is 0 Å². The fraction of sp³-hybridized carbons (Fsp3) is 0. The normalized spacial score (nSPS) is 11.3. The summed E-state index contributed by atoms with van der Waals surface area (Å²) in [5.41, 5.74) is 1.98. The summed E-state index contributed by atoms with van der Waals surface area (Å²) in [5, 5.41) is 20.5. The monoisotopic (exact) mass is 350 g/mol. The third kappa shape index (κ3) is 2.15. The molecule has 116 valence electrons. The van der Waals surface area contributed by atoms with Crippen molar-refractivity contribution in [2.75, 3.05) is 0 Å². The highest BCUT2D eigenvalue weighted by atomic mass is 32.1.